The zero-order valence-electron chi connectivity index (χ0n) is 7.34. The van der Waals surface area contributed by atoms with E-state index in [1.807, 2.05) is 0 Å². The molecule has 0 saturated heterocycles. The number of carbonyl (C=O) groups excluding carboxylic acids is 2. The van der Waals surface area contributed by atoms with E-state index in [0.717, 1.165) is 0 Å². The maximum atomic E-state index is 10.8. The van der Waals surface area contributed by atoms with Crippen LogP contribution in [0.1, 0.15) is 16.0 Å². The van der Waals surface area contributed by atoms with E-state index in [2.05, 4.69) is 0 Å². The fourth-order valence-corrected chi connectivity index (χ4v) is 1.45. The number of halogens is 3. The van der Waals surface area contributed by atoms with Crippen molar-refractivity contribution in [2.75, 3.05) is 0 Å². The second-order valence-corrected chi connectivity index (χ2v) is 4.11. The molecule has 0 bridgehead atoms. The second kappa shape index (κ2) is 5.34. The summed E-state index contributed by atoms with van der Waals surface area (Å²) in [5.41, 5.74) is 0.862. The molecule has 0 N–H and O–H groups in total. The van der Waals surface area contributed by atoms with Gasteiger partial charge in [0, 0.05) is 0 Å². The molecule has 0 aliphatic carbocycles. The molecule has 0 aliphatic rings. The standard InChI is InChI=1S/C10H5Cl3O2/c11-9(12)7-3-1-6(2-4-7)8(5-14)10(13)15/h1-4,9H. The zero-order chi connectivity index (χ0) is 11.4. The van der Waals surface area contributed by atoms with Gasteiger partial charge in [-0.3, -0.25) is 4.79 Å². The van der Waals surface area contributed by atoms with E-state index in [1.165, 1.54) is 18.1 Å². The molecule has 0 heterocycles. The molecule has 0 radical (unpaired) electrons. The smallest absolute Gasteiger partial charge is 0.264 e. The van der Waals surface area contributed by atoms with Gasteiger partial charge < -0.3 is 0 Å². The second-order valence-electron chi connectivity index (χ2n) is 2.67. The quantitative estimate of drug-likeness (QED) is 0.363. The average molecular weight is 264 g/mol. The van der Waals surface area contributed by atoms with E-state index in [1.54, 1.807) is 12.1 Å². The number of hydrogen-bond donors (Lipinski definition) is 0. The summed E-state index contributed by atoms with van der Waals surface area (Å²) < 4.78 is 0. The van der Waals surface area contributed by atoms with E-state index in [-0.39, 0.29) is 5.57 Å². The first-order valence-electron chi connectivity index (χ1n) is 3.89. The minimum Gasteiger partial charge on any atom is -0.275 e. The highest BCUT2D eigenvalue weighted by Gasteiger charge is 2.11. The first-order valence-corrected chi connectivity index (χ1v) is 5.14. The van der Waals surface area contributed by atoms with Gasteiger partial charge >= 0.3 is 0 Å². The van der Waals surface area contributed by atoms with Crippen LogP contribution in [0.2, 0.25) is 0 Å². The molecule has 1 aromatic carbocycles. The zero-order valence-corrected chi connectivity index (χ0v) is 9.60. The molecule has 1 aromatic rings. The minimum absolute atomic E-state index is 0.205. The van der Waals surface area contributed by atoms with Gasteiger partial charge in [-0.1, -0.05) is 24.3 Å². The van der Waals surface area contributed by atoms with E-state index < -0.39 is 10.1 Å². The molecule has 0 amide bonds. The van der Waals surface area contributed by atoms with Crippen LogP contribution in [0.15, 0.2) is 24.3 Å². The summed E-state index contributed by atoms with van der Waals surface area (Å²) >= 11 is 16.4. The first-order chi connectivity index (χ1) is 7.06. The third-order valence-corrected chi connectivity index (χ3v) is 2.44. The van der Waals surface area contributed by atoms with Gasteiger partial charge in [0.25, 0.3) is 5.24 Å². The number of hydrogen-bond acceptors (Lipinski definition) is 2. The van der Waals surface area contributed by atoms with E-state index in [4.69, 9.17) is 34.8 Å². The Bertz CT molecular complexity index is 417. The van der Waals surface area contributed by atoms with Crippen molar-refractivity contribution in [1.82, 2.24) is 0 Å². The number of carbonyl (C=O) groups is 1. The van der Waals surface area contributed by atoms with Crippen LogP contribution in [0.25, 0.3) is 5.57 Å². The summed E-state index contributed by atoms with van der Waals surface area (Å²) in [5.74, 6) is 1.49. The van der Waals surface area contributed by atoms with Gasteiger partial charge in [0.2, 0.25) is 0 Å². The summed E-state index contributed by atoms with van der Waals surface area (Å²) in [5, 5.41) is -0.842. The first kappa shape index (κ1) is 12.3. The molecule has 15 heavy (non-hydrogen) atoms. The van der Waals surface area contributed by atoms with Crippen LogP contribution in [0.3, 0.4) is 0 Å². The lowest BCUT2D eigenvalue weighted by molar-refractivity contribution is -0.106. The fraction of sp³-hybridized carbons (Fsp3) is 0.100. The molecule has 0 spiro atoms. The highest BCUT2D eigenvalue weighted by molar-refractivity contribution is 6.75. The maximum Gasteiger partial charge on any atom is 0.264 e. The lowest BCUT2D eigenvalue weighted by Gasteiger charge is -2.02. The monoisotopic (exact) mass is 262 g/mol. The predicted molar refractivity (Wildman–Crippen MR) is 60.8 cm³/mol. The van der Waals surface area contributed by atoms with Crippen LogP contribution in [-0.4, -0.2) is 11.2 Å². The van der Waals surface area contributed by atoms with Crippen LogP contribution in [0, 0.1) is 0 Å². The highest BCUT2D eigenvalue weighted by Crippen LogP contribution is 2.25. The minimum atomic E-state index is -0.842. The Morgan fingerprint density at radius 2 is 1.73 bits per heavy atom. The Kier molecular flexibility index (Phi) is 4.37. The van der Waals surface area contributed by atoms with Crippen LogP contribution in [-0.2, 0) is 9.59 Å². The number of benzene rings is 1. The number of alkyl halides is 2. The summed E-state index contributed by atoms with van der Waals surface area (Å²) in [7, 11) is 0. The van der Waals surface area contributed by atoms with E-state index in [9.17, 15) is 9.59 Å². The fourth-order valence-electron chi connectivity index (χ4n) is 1.01. The van der Waals surface area contributed by atoms with E-state index >= 15 is 0 Å². The maximum absolute atomic E-state index is 10.8. The van der Waals surface area contributed by atoms with Crippen LogP contribution < -0.4 is 0 Å². The molecule has 1 rings (SSSR count). The largest absolute Gasteiger partial charge is 0.275 e. The van der Waals surface area contributed by atoms with Gasteiger partial charge in [0.1, 0.15) is 16.4 Å². The van der Waals surface area contributed by atoms with Crippen LogP contribution in [0.5, 0.6) is 0 Å². The third-order valence-electron chi connectivity index (χ3n) is 1.75. The molecule has 0 saturated carbocycles. The molecular weight excluding hydrogens is 258 g/mol. The Balaban J connectivity index is 3.09. The van der Waals surface area contributed by atoms with Crippen molar-refractivity contribution in [2.45, 2.75) is 4.84 Å². The van der Waals surface area contributed by atoms with Gasteiger partial charge in [-0.25, -0.2) is 4.79 Å². The van der Waals surface area contributed by atoms with Crippen molar-refractivity contribution in [3.05, 3.63) is 35.4 Å². The van der Waals surface area contributed by atoms with Crippen molar-refractivity contribution in [3.63, 3.8) is 0 Å². The summed E-state index contributed by atoms with van der Waals surface area (Å²) in [6.07, 6.45) is 0. The van der Waals surface area contributed by atoms with Gasteiger partial charge in [0.05, 0.1) is 0 Å². The SMILES string of the molecule is O=C=C(C(=O)Cl)c1ccc(C(Cl)Cl)cc1. The average Bonchev–Trinajstić information content (AvgIpc) is 2.19. The molecule has 0 atom stereocenters. The van der Waals surface area contributed by atoms with E-state index in [0.29, 0.717) is 11.1 Å². The van der Waals surface area contributed by atoms with Crippen LogP contribution >= 0.6 is 34.8 Å². The van der Waals surface area contributed by atoms with Gasteiger partial charge in [-0.05, 0) is 22.7 Å². The Labute approximate surface area is 101 Å². The number of rotatable bonds is 3. The molecular formula is C10H5Cl3O2. The Morgan fingerprint density at radius 1 is 1.20 bits per heavy atom. The molecule has 0 fully saturated rings. The molecule has 0 unspecified atom stereocenters. The lowest BCUT2D eigenvalue weighted by atomic mass is 10.1. The van der Waals surface area contributed by atoms with Gasteiger partial charge in [-0.2, -0.15) is 0 Å². The normalized spacial score (nSPS) is 9.87. The van der Waals surface area contributed by atoms with Crippen molar-refractivity contribution < 1.29 is 9.59 Å². The Hall–Kier alpha value is -0.790. The molecule has 5 heteroatoms. The predicted octanol–water partition coefficient (Wildman–Crippen LogP) is 3.14. The summed E-state index contributed by atoms with van der Waals surface area (Å²) in [6, 6.07) is 6.29. The molecule has 0 aromatic heterocycles. The van der Waals surface area contributed by atoms with Gasteiger partial charge in [0.15, 0.2) is 0 Å². The molecule has 78 valence electrons. The summed E-state index contributed by atoms with van der Waals surface area (Å²) in [6.45, 7) is 0. The van der Waals surface area contributed by atoms with Crippen molar-refractivity contribution in [3.8, 4) is 0 Å². The lowest BCUT2D eigenvalue weighted by Crippen LogP contribution is -1.94. The van der Waals surface area contributed by atoms with Crippen LogP contribution in [0.4, 0.5) is 0 Å². The van der Waals surface area contributed by atoms with Crippen molar-refractivity contribution in [2.24, 2.45) is 0 Å². The molecule has 0 aliphatic heterocycles. The van der Waals surface area contributed by atoms with Crippen molar-refractivity contribution in [1.29, 1.82) is 0 Å². The van der Waals surface area contributed by atoms with Crippen molar-refractivity contribution >= 4 is 51.6 Å². The molecule has 2 nitrogen and oxygen atoms in total. The third kappa shape index (κ3) is 3.08. The number of allylic oxidation sites excluding steroid dienone is 1. The van der Waals surface area contributed by atoms with Gasteiger partial charge in [-0.15, -0.1) is 23.2 Å². The topological polar surface area (TPSA) is 34.1 Å². The highest BCUT2D eigenvalue weighted by atomic mass is 35.5. The summed E-state index contributed by atoms with van der Waals surface area (Å²) in [4.78, 5) is 20.6. The Morgan fingerprint density at radius 3 is 2.07 bits per heavy atom.